The van der Waals surface area contributed by atoms with Crippen LogP contribution in [0.15, 0.2) is 35.5 Å². The van der Waals surface area contributed by atoms with Crippen LogP contribution >= 0.6 is 11.8 Å². The van der Waals surface area contributed by atoms with Crippen LogP contribution in [0, 0.1) is 13.8 Å². The molecule has 2 aliphatic rings. The van der Waals surface area contributed by atoms with Crippen molar-refractivity contribution >= 4 is 17.7 Å². The average Bonchev–Trinajstić information content (AvgIpc) is 3.35. The third-order valence-electron chi connectivity index (χ3n) is 5.92. The Morgan fingerprint density at radius 1 is 1.14 bits per heavy atom. The van der Waals surface area contributed by atoms with Crippen molar-refractivity contribution in [2.24, 2.45) is 0 Å². The summed E-state index contributed by atoms with van der Waals surface area (Å²) in [6, 6.07) is 10.6. The molecule has 0 spiro atoms. The molecule has 1 aromatic carbocycles. The molecule has 0 unspecified atom stereocenters. The fourth-order valence-corrected chi connectivity index (χ4v) is 5.56. The van der Waals surface area contributed by atoms with Crippen LogP contribution in [-0.4, -0.2) is 46.7 Å². The van der Waals surface area contributed by atoms with Gasteiger partial charge in [0.05, 0.1) is 18.9 Å². The third kappa shape index (κ3) is 3.98. The van der Waals surface area contributed by atoms with Gasteiger partial charge in [-0.25, -0.2) is 4.98 Å². The molecule has 5 nitrogen and oxygen atoms in total. The van der Waals surface area contributed by atoms with Crippen LogP contribution in [0.2, 0.25) is 0 Å². The van der Waals surface area contributed by atoms with E-state index in [9.17, 15) is 4.79 Å². The summed E-state index contributed by atoms with van der Waals surface area (Å²) in [7, 11) is 0. The fraction of sp³-hybridized carbons (Fsp3) is 0.545. The van der Waals surface area contributed by atoms with E-state index in [0.29, 0.717) is 32.3 Å². The third-order valence-corrected chi connectivity index (χ3v) is 7.13. The molecule has 4 rings (SSSR count). The summed E-state index contributed by atoms with van der Waals surface area (Å²) in [6.45, 7) is 6.80. The summed E-state index contributed by atoms with van der Waals surface area (Å²) in [5.74, 6) is 0.163. The Bertz CT molecular complexity index is 809. The van der Waals surface area contributed by atoms with Gasteiger partial charge >= 0.3 is 0 Å². The van der Waals surface area contributed by atoms with Crippen LogP contribution in [0.1, 0.15) is 53.9 Å². The number of thioether (sulfide) groups is 1. The molecule has 0 radical (unpaired) electrons. The number of rotatable bonds is 5. The monoisotopic (exact) mass is 399 g/mol. The normalized spacial score (nSPS) is 19.1. The molecule has 150 valence electrons. The maximum Gasteiger partial charge on any atom is 0.240 e. The second-order valence-electron chi connectivity index (χ2n) is 7.72. The lowest BCUT2D eigenvalue weighted by atomic mass is 10.1. The van der Waals surface area contributed by atoms with Crippen LogP contribution in [-0.2, 0) is 9.53 Å². The number of nitrogens with zero attached hydrogens (tertiary/aromatic N) is 3. The van der Waals surface area contributed by atoms with Gasteiger partial charge in [-0.1, -0.05) is 54.9 Å². The number of aromatic nitrogens is 2. The van der Waals surface area contributed by atoms with E-state index in [4.69, 9.17) is 9.72 Å². The number of morpholine rings is 1. The van der Waals surface area contributed by atoms with Gasteiger partial charge in [0.25, 0.3) is 0 Å². The van der Waals surface area contributed by atoms with Crippen LogP contribution in [0.5, 0.6) is 0 Å². The molecule has 28 heavy (non-hydrogen) atoms. The maximum atomic E-state index is 13.4. The summed E-state index contributed by atoms with van der Waals surface area (Å²) in [5.41, 5.74) is 3.35. The van der Waals surface area contributed by atoms with E-state index in [-0.39, 0.29) is 11.2 Å². The number of amides is 1. The Kier molecular flexibility index (Phi) is 6.07. The summed E-state index contributed by atoms with van der Waals surface area (Å²) in [6.07, 6.45) is 4.97. The maximum absolute atomic E-state index is 13.4. The Morgan fingerprint density at radius 3 is 2.50 bits per heavy atom. The van der Waals surface area contributed by atoms with E-state index in [0.717, 1.165) is 16.4 Å². The van der Waals surface area contributed by atoms with Crippen LogP contribution < -0.4 is 0 Å². The first kappa shape index (κ1) is 19.5. The zero-order chi connectivity index (χ0) is 19.5. The fourth-order valence-electron chi connectivity index (χ4n) is 4.22. The van der Waals surface area contributed by atoms with Crippen molar-refractivity contribution in [1.29, 1.82) is 0 Å². The number of carbonyl (C=O) groups is 1. The van der Waals surface area contributed by atoms with Gasteiger partial charge in [0.15, 0.2) is 5.16 Å². The van der Waals surface area contributed by atoms with Gasteiger partial charge in [-0.3, -0.25) is 4.79 Å². The van der Waals surface area contributed by atoms with Crippen molar-refractivity contribution < 1.29 is 9.53 Å². The van der Waals surface area contributed by atoms with E-state index >= 15 is 0 Å². The standard InChI is InChI=1S/C22H29N3O2S/c1-16-17(2)25(19-10-6-7-11-19)22(23-16)28-20(18-8-4-3-5-9-18)21(26)24-12-14-27-15-13-24/h3-5,8-9,19-20H,6-7,10-15H2,1-2H3/t20-/m0/s1. The van der Waals surface area contributed by atoms with Crippen molar-refractivity contribution in [3.05, 3.63) is 47.3 Å². The zero-order valence-corrected chi connectivity index (χ0v) is 17.6. The molecule has 1 aliphatic carbocycles. The molecule has 1 aliphatic heterocycles. The second kappa shape index (κ2) is 8.70. The summed E-state index contributed by atoms with van der Waals surface area (Å²) < 4.78 is 7.84. The van der Waals surface area contributed by atoms with Crippen LogP contribution in [0.25, 0.3) is 0 Å². The minimum Gasteiger partial charge on any atom is -0.378 e. The van der Waals surface area contributed by atoms with Gasteiger partial charge in [-0.2, -0.15) is 0 Å². The summed E-state index contributed by atoms with van der Waals surface area (Å²) >= 11 is 1.61. The van der Waals surface area contributed by atoms with Crippen molar-refractivity contribution in [2.45, 2.75) is 56.0 Å². The predicted molar refractivity (Wildman–Crippen MR) is 112 cm³/mol. The largest absolute Gasteiger partial charge is 0.378 e. The molecular formula is C22H29N3O2S. The van der Waals surface area contributed by atoms with Crippen molar-refractivity contribution in [3.63, 3.8) is 0 Å². The number of hydrogen-bond donors (Lipinski definition) is 0. The van der Waals surface area contributed by atoms with Crippen molar-refractivity contribution in [2.75, 3.05) is 26.3 Å². The molecule has 6 heteroatoms. The molecule has 1 atom stereocenters. The molecule has 0 N–H and O–H groups in total. The predicted octanol–water partition coefficient (Wildman–Crippen LogP) is 4.31. The molecule has 2 fully saturated rings. The SMILES string of the molecule is Cc1nc(S[C@H](C(=O)N2CCOCC2)c2ccccc2)n(C2CCCC2)c1C. The lowest BCUT2D eigenvalue weighted by Crippen LogP contribution is -2.42. The topological polar surface area (TPSA) is 47.4 Å². The number of imidazole rings is 1. The van der Waals surface area contributed by atoms with Crippen molar-refractivity contribution in [1.82, 2.24) is 14.5 Å². The molecule has 2 heterocycles. The Labute approximate surface area is 171 Å². The smallest absolute Gasteiger partial charge is 0.240 e. The van der Waals surface area contributed by atoms with Gasteiger partial charge in [-0.15, -0.1) is 0 Å². The molecule has 1 amide bonds. The minimum absolute atomic E-state index is 0.163. The molecule has 2 aromatic rings. The van der Waals surface area contributed by atoms with Gasteiger partial charge in [0, 0.05) is 24.8 Å². The van der Waals surface area contributed by atoms with Gasteiger partial charge in [0.1, 0.15) is 5.25 Å². The highest BCUT2D eigenvalue weighted by atomic mass is 32.2. The number of benzene rings is 1. The van der Waals surface area contributed by atoms with Crippen LogP contribution in [0.3, 0.4) is 0 Å². The quantitative estimate of drug-likeness (QED) is 0.703. The molecular weight excluding hydrogens is 370 g/mol. The van der Waals surface area contributed by atoms with Gasteiger partial charge in [-0.05, 0) is 32.3 Å². The van der Waals surface area contributed by atoms with Gasteiger partial charge in [0.2, 0.25) is 5.91 Å². The van der Waals surface area contributed by atoms with E-state index in [1.807, 2.05) is 23.1 Å². The minimum atomic E-state index is -0.277. The Morgan fingerprint density at radius 2 is 1.82 bits per heavy atom. The average molecular weight is 400 g/mol. The highest BCUT2D eigenvalue weighted by Gasteiger charge is 2.31. The highest BCUT2D eigenvalue weighted by Crippen LogP contribution is 2.41. The van der Waals surface area contributed by atoms with Gasteiger partial charge < -0.3 is 14.2 Å². The molecule has 1 aromatic heterocycles. The second-order valence-corrected chi connectivity index (χ2v) is 8.79. The van der Waals surface area contributed by atoms with Crippen LogP contribution in [0.4, 0.5) is 0 Å². The first-order chi connectivity index (χ1) is 13.6. The lowest BCUT2D eigenvalue weighted by molar-refractivity contribution is -0.134. The molecule has 1 saturated carbocycles. The molecule has 0 bridgehead atoms. The zero-order valence-electron chi connectivity index (χ0n) is 16.8. The highest BCUT2D eigenvalue weighted by molar-refractivity contribution is 8.00. The number of carbonyl (C=O) groups excluding carboxylic acids is 1. The van der Waals surface area contributed by atoms with E-state index in [1.54, 1.807) is 11.8 Å². The first-order valence-electron chi connectivity index (χ1n) is 10.3. The van der Waals surface area contributed by atoms with E-state index in [1.165, 1.54) is 31.4 Å². The lowest BCUT2D eigenvalue weighted by Gasteiger charge is -2.30. The first-order valence-corrected chi connectivity index (χ1v) is 11.2. The van der Waals surface area contributed by atoms with E-state index in [2.05, 4.69) is 30.5 Å². The Hall–Kier alpha value is -1.79. The molecule has 1 saturated heterocycles. The van der Waals surface area contributed by atoms with Crippen molar-refractivity contribution in [3.8, 4) is 0 Å². The number of hydrogen-bond acceptors (Lipinski definition) is 4. The number of ether oxygens (including phenoxy) is 1. The Balaban J connectivity index is 1.66. The summed E-state index contributed by atoms with van der Waals surface area (Å²) in [4.78, 5) is 20.3. The van der Waals surface area contributed by atoms with E-state index < -0.39 is 0 Å². The summed E-state index contributed by atoms with van der Waals surface area (Å²) in [5, 5.41) is 0.706. The number of aryl methyl sites for hydroxylation is 1.